The number of aromatic nitrogens is 4. The molecule has 0 radical (unpaired) electrons. The monoisotopic (exact) mass is 468 g/mol. The average Bonchev–Trinajstić information content (AvgIpc) is 3.32. The van der Waals surface area contributed by atoms with Gasteiger partial charge in [0, 0.05) is 30.6 Å². The molecule has 1 aliphatic rings. The molecule has 1 saturated heterocycles. The maximum absolute atomic E-state index is 12.9. The minimum absolute atomic E-state index is 0.0483. The van der Waals surface area contributed by atoms with Gasteiger partial charge >= 0.3 is 0 Å². The first kappa shape index (κ1) is 23.0. The van der Waals surface area contributed by atoms with E-state index in [0.29, 0.717) is 0 Å². The highest BCUT2D eigenvalue weighted by atomic mass is 16.1. The molecular weight excluding hydrogens is 436 g/mol. The number of fused-ring (bicyclic) bond motifs is 1. The first-order chi connectivity index (χ1) is 17.1. The van der Waals surface area contributed by atoms with E-state index in [2.05, 4.69) is 70.7 Å². The first-order valence-electron chi connectivity index (χ1n) is 12.5. The van der Waals surface area contributed by atoms with Crippen molar-refractivity contribution in [2.45, 2.75) is 45.6 Å². The summed E-state index contributed by atoms with van der Waals surface area (Å²) >= 11 is 0. The molecule has 180 valence electrons. The molecular formula is C28H32N6O. The standard InChI is InChI=1S/C28H32N6O/c1-20-8-12-23(13-9-20)27-31-30-25-14-15-26(32-34(25)27)33-18-16-24(17-19-33)28(35)29-21(2)10-11-22-6-4-3-5-7-22/h3-9,12-15,21,24H,10-11,16-19H2,1-2H3,(H,29,35)/t21-/m1/s1. The molecule has 1 N–H and O–H groups in total. The molecule has 2 aromatic carbocycles. The van der Waals surface area contributed by atoms with E-state index in [-0.39, 0.29) is 17.9 Å². The van der Waals surface area contributed by atoms with E-state index in [1.807, 2.05) is 34.8 Å². The number of rotatable bonds is 7. The number of carbonyl (C=O) groups is 1. The molecule has 1 aliphatic heterocycles. The van der Waals surface area contributed by atoms with E-state index in [4.69, 9.17) is 5.10 Å². The molecule has 35 heavy (non-hydrogen) atoms. The van der Waals surface area contributed by atoms with E-state index in [0.717, 1.165) is 61.6 Å². The van der Waals surface area contributed by atoms with Crippen LogP contribution in [0.25, 0.3) is 17.0 Å². The topological polar surface area (TPSA) is 75.4 Å². The largest absolute Gasteiger partial charge is 0.355 e. The summed E-state index contributed by atoms with van der Waals surface area (Å²) in [6, 6.07) is 22.8. The van der Waals surface area contributed by atoms with Crippen molar-refractivity contribution in [3.05, 3.63) is 77.9 Å². The average molecular weight is 469 g/mol. The Morgan fingerprint density at radius 2 is 1.74 bits per heavy atom. The zero-order valence-corrected chi connectivity index (χ0v) is 20.4. The maximum atomic E-state index is 12.9. The molecule has 1 fully saturated rings. The molecule has 0 aliphatic carbocycles. The smallest absolute Gasteiger partial charge is 0.223 e. The molecule has 2 aromatic heterocycles. The van der Waals surface area contributed by atoms with Crippen molar-refractivity contribution in [2.24, 2.45) is 5.92 Å². The summed E-state index contributed by atoms with van der Waals surface area (Å²) < 4.78 is 1.81. The Kier molecular flexibility index (Phi) is 6.75. The minimum Gasteiger partial charge on any atom is -0.355 e. The van der Waals surface area contributed by atoms with Gasteiger partial charge in [-0.25, -0.2) is 0 Å². The number of piperidine rings is 1. The quantitative estimate of drug-likeness (QED) is 0.434. The number of nitrogens with one attached hydrogen (secondary N) is 1. The van der Waals surface area contributed by atoms with Gasteiger partial charge in [0.25, 0.3) is 0 Å². The lowest BCUT2D eigenvalue weighted by atomic mass is 9.95. The number of nitrogens with zero attached hydrogens (tertiary/aromatic N) is 5. The molecule has 5 rings (SSSR count). The molecule has 1 amide bonds. The van der Waals surface area contributed by atoms with Crippen LogP contribution >= 0.6 is 0 Å². The Balaban J connectivity index is 1.18. The normalized spacial score (nSPS) is 15.3. The van der Waals surface area contributed by atoms with Crippen molar-refractivity contribution < 1.29 is 4.79 Å². The summed E-state index contributed by atoms with van der Waals surface area (Å²) in [6.07, 6.45) is 3.57. The van der Waals surface area contributed by atoms with Crippen LogP contribution in [0.15, 0.2) is 66.7 Å². The van der Waals surface area contributed by atoms with Gasteiger partial charge in [0.15, 0.2) is 11.5 Å². The van der Waals surface area contributed by atoms with Crippen LogP contribution in [0.1, 0.15) is 37.3 Å². The molecule has 0 saturated carbocycles. The SMILES string of the molecule is Cc1ccc(-c2nnc3ccc(N4CCC(C(=O)N[C@H](C)CCc5ccccc5)CC4)nn23)cc1. The third kappa shape index (κ3) is 5.34. The van der Waals surface area contributed by atoms with Crippen molar-refractivity contribution >= 4 is 17.4 Å². The van der Waals surface area contributed by atoms with Crippen molar-refractivity contribution in [2.75, 3.05) is 18.0 Å². The van der Waals surface area contributed by atoms with Crippen LogP contribution < -0.4 is 10.2 Å². The molecule has 1 atom stereocenters. The number of anilines is 1. The van der Waals surface area contributed by atoms with Crippen LogP contribution in [0, 0.1) is 12.8 Å². The second-order valence-corrected chi connectivity index (χ2v) is 9.55. The van der Waals surface area contributed by atoms with E-state index in [9.17, 15) is 4.79 Å². The van der Waals surface area contributed by atoms with Gasteiger partial charge in [-0.05, 0) is 57.2 Å². The van der Waals surface area contributed by atoms with Gasteiger partial charge in [0.2, 0.25) is 5.91 Å². The maximum Gasteiger partial charge on any atom is 0.223 e. The Labute approximate surface area is 206 Å². The van der Waals surface area contributed by atoms with E-state index < -0.39 is 0 Å². The third-order valence-corrected chi connectivity index (χ3v) is 6.85. The number of hydrogen-bond donors (Lipinski definition) is 1. The first-order valence-corrected chi connectivity index (χ1v) is 12.5. The van der Waals surface area contributed by atoms with Gasteiger partial charge in [-0.15, -0.1) is 15.3 Å². The van der Waals surface area contributed by atoms with Crippen molar-refractivity contribution in [3.8, 4) is 11.4 Å². The van der Waals surface area contributed by atoms with Crippen LogP contribution in [0.2, 0.25) is 0 Å². The fourth-order valence-electron chi connectivity index (χ4n) is 4.66. The summed E-state index contributed by atoms with van der Waals surface area (Å²) in [6.45, 7) is 5.77. The Morgan fingerprint density at radius 1 is 1.00 bits per heavy atom. The van der Waals surface area contributed by atoms with Gasteiger partial charge in [-0.3, -0.25) is 4.79 Å². The van der Waals surface area contributed by atoms with Crippen LogP contribution in [0.5, 0.6) is 0 Å². The summed E-state index contributed by atoms with van der Waals surface area (Å²) in [4.78, 5) is 15.1. The van der Waals surface area contributed by atoms with E-state index in [1.54, 1.807) is 0 Å². The summed E-state index contributed by atoms with van der Waals surface area (Å²) in [5.41, 5.74) is 4.23. The molecule has 3 heterocycles. The van der Waals surface area contributed by atoms with E-state index >= 15 is 0 Å². The van der Waals surface area contributed by atoms with Crippen LogP contribution in [0.3, 0.4) is 0 Å². The molecule has 0 spiro atoms. The zero-order chi connectivity index (χ0) is 24.2. The Bertz CT molecular complexity index is 1280. The number of hydrogen-bond acceptors (Lipinski definition) is 5. The van der Waals surface area contributed by atoms with Crippen molar-refractivity contribution in [3.63, 3.8) is 0 Å². The van der Waals surface area contributed by atoms with Crippen molar-refractivity contribution in [1.29, 1.82) is 0 Å². The fourth-order valence-corrected chi connectivity index (χ4v) is 4.66. The minimum atomic E-state index is 0.0483. The summed E-state index contributed by atoms with van der Waals surface area (Å²) in [5.74, 6) is 1.85. The second kappa shape index (κ2) is 10.3. The van der Waals surface area contributed by atoms with Crippen LogP contribution in [-0.4, -0.2) is 44.8 Å². The zero-order valence-electron chi connectivity index (χ0n) is 20.4. The lowest BCUT2D eigenvalue weighted by Crippen LogP contribution is -2.43. The fraction of sp³-hybridized carbons (Fsp3) is 0.357. The lowest BCUT2D eigenvalue weighted by Gasteiger charge is -2.32. The molecule has 7 heteroatoms. The Morgan fingerprint density at radius 3 is 2.49 bits per heavy atom. The highest BCUT2D eigenvalue weighted by Gasteiger charge is 2.26. The summed E-state index contributed by atoms with van der Waals surface area (Å²) in [5, 5.41) is 16.7. The third-order valence-electron chi connectivity index (χ3n) is 6.85. The van der Waals surface area contributed by atoms with Crippen molar-refractivity contribution in [1.82, 2.24) is 25.1 Å². The summed E-state index contributed by atoms with van der Waals surface area (Å²) in [7, 11) is 0. The molecule has 0 unspecified atom stereocenters. The number of benzene rings is 2. The number of carbonyl (C=O) groups excluding carboxylic acids is 1. The predicted molar refractivity (Wildman–Crippen MR) is 138 cm³/mol. The van der Waals surface area contributed by atoms with Gasteiger partial charge in [-0.1, -0.05) is 60.2 Å². The number of amides is 1. The lowest BCUT2D eigenvalue weighted by molar-refractivity contribution is -0.126. The van der Waals surface area contributed by atoms with E-state index in [1.165, 1.54) is 11.1 Å². The van der Waals surface area contributed by atoms with Gasteiger partial charge in [-0.2, -0.15) is 4.52 Å². The highest BCUT2D eigenvalue weighted by molar-refractivity contribution is 5.79. The van der Waals surface area contributed by atoms with Gasteiger partial charge in [0.05, 0.1) is 0 Å². The van der Waals surface area contributed by atoms with Crippen LogP contribution in [-0.2, 0) is 11.2 Å². The van der Waals surface area contributed by atoms with Gasteiger partial charge < -0.3 is 10.2 Å². The van der Waals surface area contributed by atoms with Crippen LogP contribution in [0.4, 0.5) is 5.82 Å². The predicted octanol–water partition coefficient (Wildman–Crippen LogP) is 4.45. The Hall–Kier alpha value is -3.74. The molecule has 0 bridgehead atoms. The van der Waals surface area contributed by atoms with Gasteiger partial charge in [0.1, 0.15) is 5.82 Å². The molecule has 4 aromatic rings. The molecule has 7 nitrogen and oxygen atoms in total. The second-order valence-electron chi connectivity index (χ2n) is 9.55. The number of aryl methyl sites for hydroxylation is 2. The highest BCUT2D eigenvalue weighted by Crippen LogP contribution is 2.24.